The highest BCUT2D eigenvalue weighted by Crippen LogP contribution is 2.25. The highest BCUT2D eigenvalue weighted by atomic mass is 35.5. The second-order valence-corrected chi connectivity index (χ2v) is 5.65. The Kier molecular flexibility index (Phi) is 3.84. The summed E-state index contributed by atoms with van der Waals surface area (Å²) in [5.41, 5.74) is 0.534. The van der Waals surface area contributed by atoms with Gasteiger partial charge in [0.1, 0.15) is 5.75 Å². The summed E-state index contributed by atoms with van der Waals surface area (Å²) in [4.78, 5) is 14.1. The van der Waals surface area contributed by atoms with Gasteiger partial charge in [-0.15, -0.1) is 0 Å². The van der Waals surface area contributed by atoms with Crippen LogP contribution in [0.25, 0.3) is 0 Å². The molecule has 0 spiro atoms. The maximum atomic E-state index is 12.3. The van der Waals surface area contributed by atoms with E-state index in [0.717, 1.165) is 18.1 Å². The van der Waals surface area contributed by atoms with E-state index in [1.165, 1.54) is 12.1 Å². The first-order valence-electron chi connectivity index (χ1n) is 5.47. The molecule has 92 valence electrons. The van der Waals surface area contributed by atoms with Crippen LogP contribution in [0.15, 0.2) is 18.2 Å². The van der Waals surface area contributed by atoms with Crippen LogP contribution in [-0.2, 0) is 0 Å². The Labute approximate surface area is 110 Å². The Morgan fingerprint density at radius 2 is 2.35 bits per heavy atom. The van der Waals surface area contributed by atoms with E-state index in [4.69, 9.17) is 11.6 Å². The van der Waals surface area contributed by atoms with Crippen molar-refractivity contribution in [3.05, 3.63) is 28.8 Å². The number of benzene rings is 1. The topological polar surface area (TPSA) is 40.5 Å². The van der Waals surface area contributed by atoms with Crippen molar-refractivity contribution >= 4 is 29.3 Å². The van der Waals surface area contributed by atoms with Gasteiger partial charge in [0.2, 0.25) is 0 Å². The number of nitrogens with zero attached hydrogens (tertiary/aromatic N) is 1. The zero-order valence-electron chi connectivity index (χ0n) is 9.52. The van der Waals surface area contributed by atoms with Gasteiger partial charge in [-0.1, -0.05) is 11.6 Å². The zero-order chi connectivity index (χ0) is 12.4. The lowest BCUT2D eigenvalue weighted by molar-refractivity contribution is 0.0716. The Balaban J connectivity index is 2.21. The molecule has 17 heavy (non-hydrogen) atoms. The second kappa shape index (κ2) is 5.19. The number of aromatic hydroxyl groups is 1. The number of carbonyl (C=O) groups is 1. The van der Waals surface area contributed by atoms with Crippen LogP contribution in [0.3, 0.4) is 0 Å². The van der Waals surface area contributed by atoms with Crippen LogP contribution in [0.5, 0.6) is 5.75 Å². The highest BCUT2D eigenvalue weighted by molar-refractivity contribution is 7.99. The summed E-state index contributed by atoms with van der Waals surface area (Å²) in [5, 5.41) is 9.55. The SMILES string of the molecule is CC1CSCCN1C(=O)c1ccc(O)c(Cl)c1. The lowest BCUT2D eigenvalue weighted by Gasteiger charge is -2.33. The number of carbonyl (C=O) groups excluding carboxylic acids is 1. The molecular weight excluding hydrogens is 258 g/mol. The Morgan fingerprint density at radius 1 is 1.59 bits per heavy atom. The summed E-state index contributed by atoms with van der Waals surface area (Å²) >= 11 is 7.67. The summed E-state index contributed by atoms with van der Waals surface area (Å²) in [6.45, 7) is 2.81. The van der Waals surface area contributed by atoms with Gasteiger partial charge in [0.05, 0.1) is 5.02 Å². The van der Waals surface area contributed by atoms with Crippen LogP contribution in [0, 0.1) is 0 Å². The van der Waals surface area contributed by atoms with E-state index >= 15 is 0 Å². The first kappa shape index (κ1) is 12.6. The average molecular weight is 272 g/mol. The molecule has 0 radical (unpaired) electrons. The minimum absolute atomic E-state index is 0.00506. The molecule has 0 aliphatic carbocycles. The fourth-order valence-corrected chi connectivity index (χ4v) is 3.03. The van der Waals surface area contributed by atoms with E-state index in [1.807, 2.05) is 23.6 Å². The molecule has 1 heterocycles. The molecule has 0 bridgehead atoms. The first-order valence-corrected chi connectivity index (χ1v) is 7.00. The summed E-state index contributed by atoms with van der Waals surface area (Å²) < 4.78 is 0. The van der Waals surface area contributed by atoms with Crippen molar-refractivity contribution in [1.29, 1.82) is 0 Å². The lowest BCUT2D eigenvalue weighted by Crippen LogP contribution is -2.44. The van der Waals surface area contributed by atoms with Gasteiger partial charge in [0.25, 0.3) is 5.91 Å². The van der Waals surface area contributed by atoms with Gasteiger partial charge in [-0.3, -0.25) is 4.79 Å². The molecule has 1 aliphatic heterocycles. The van der Waals surface area contributed by atoms with Crippen molar-refractivity contribution in [2.24, 2.45) is 0 Å². The van der Waals surface area contributed by atoms with Crippen LogP contribution in [-0.4, -0.2) is 40.0 Å². The fraction of sp³-hybridized carbons (Fsp3) is 0.417. The van der Waals surface area contributed by atoms with E-state index < -0.39 is 0 Å². The molecule has 2 rings (SSSR count). The Hall–Kier alpha value is -0.870. The molecule has 1 amide bonds. The van der Waals surface area contributed by atoms with Crippen LogP contribution in [0.4, 0.5) is 0 Å². The van der Waals surface area contributed by atoms with Crippen molar-refractivity contribution in [3.63, 3.8) is 0 Å². The number of thioether (sulfide) groups is 1. The number of amides is 1. The van der Waals surface area contributed by atoms with Gasteiger partial charge in [0, 0.05) is 29.7 Å². The molecule has 1 aromatic rings. The molecule has 3 nitrogen and oxygen atoms in total. The monoisotopic (exact) mass is 271 g/mol. The molecule has 1 fully saturated rings. The number of phenols is 1. The van der Waals surface area contributed by atoms with Crippen LogP contribution in [0.1, 0.15) is 17.3 Å². The molecule has 5 heteroatoms. The third-order valence-corrected chi connectivity index (χ3v) is 4.32. The van der Waals surface area contributed by atoms with Crippen LogP contribution in [0.2, 0.25) is 5.02 Å². The van der Waals surface area contributed by atoms with E-state index in [9.17, 15) is 9.90 Å². The quantitative estimate of drug-likeness (QED) is 0.854. The van der Waals surface area contributed by atoms with Gasteiger partial charge in [0.15, 0.2) is 0 Å². The molecule has 0 saturated carbocycles. The predicted octanol–water partition coefficient (Wildman–Crippen LogP) is 2.62. The first-order chi connectivity index (χ1) is 8.09. The summed E-state index contributed by atoms with van der Waals surface area (Å²) in [5.74, 6) is 1.93. The molecule has 1 aliphatic rings. The third kappa shape index (κ3) is 2.69. The number of hydrogen-bond acceptors (Lipinski definition) is 3. The molecule has 1 unspecified atom stereocenters. The van der Waals surface area contributed by atoms with Crippen LogP contribution >= 0.6 is 23.4 Å². The lowest BCUT2D eigenvalue weighted by atomic mass is 10.1. The normalized spacial score (nSPS) is 20.4. The van der Waals surface area contributed by atoms with Gasteiger partial charge in [-0.05, 0) is 25.1 Å². The maximum Gasteiger partial charge on any atom is 0.254 e. The fourth-order valence-electron chi connectivity index (χ4n) is 1.83. The smallest absolute Gasteiger partial charge is 0.254 e. The van der Waals surface area contributed by atoms with Crippen molar-refractivity contribution in [2.75, 3.05) is 18.1 Å². The van der Waals surface area contributed by atoms with Crippen LogP contribution < -0.4 is 0 Å². The van der Waals surface area contributed by atoms with Gasteiger partial charge in [-0.25, -0.2) is 0 Å². The average Bonchev–Trinajstić information content (AvgIpc) is 2.32. The van der Waals surface area contributed by atoms with Crippen molar-refractivity contribution < 1.29 is 9.90 Å². The number of hydrogen-bond donors (Lipinski definition) is 1. The maximum absolute atomic E-state index is 12.3. The number of rotatable bonds is 1. The minimum atomic E-state index is -0.0142. The summed E-state index contributed by atoms with van der Waals surface area (Å²) in [6.07, 6.45) is 0. The molecule has 1 N–H and O–H groups in total. The molecule has 1 saturated heterocycles. The van der Waals surface area contributed by atoms with Gasteiger partial charge in [-0.2, -0.15) is 11.8 Å². The minimum Gasteiger partial charge on any atom is -0.506 e. The summed E-state index contributed by atoms with van der Waals surface area (Å²) in [6, 6.07) is 4.83. The van der Waals surface area contributed by atoms with Gasteiger partial charge >= 0.3 is 0 Å². The Bertz CT molecular complexity index is 439. The van der Waals surface area contributed by atoms with E-state index in [2.05, 4.69) is 0 Å². The molecular formula is C12H14ClNO2S. The van der Waals surface area contributed by atoms with Crippen molar-refractivity contribution in [1.82, 2.24) is 4.90 Å². The van der Waals surface area contributed by atoms with Crippen molar-refractivity contribution in [3.8, 4) is 5.75 Å². The predicted molar refractivity (Wildman–Crippen MR) is 70.9 cm³/mol. The second-order valence-electron chi connectivity index (χ2n) is 4.09. The van der Waals surface area contributed by atoms with E-state index in [-0.39, 0.29) is 22.7 Å². The highest BCUT2D eigenvalue weighted by Gasteiger charge is 2.24. The number of phenolic OH excluding ortho intramolecular Hbond substituents is 1. The zero-order valence-corrected chi connectivity index (χ0v) is 11.1. The summed E-state index contributed by atoms with van der Waals surface area (Å²) in [7, 11) is 0. The van der Waals surface area contributed by atoms with Gasteiger partial charge < -0.3 is 10.0 Å². The third-order valence-electron chi connectivity index (χ3n) is 2.82. The van der Waals surface area contributed by atoms with E-state index in [0.29, 0.717) is 5.56 Å². The standard InChI is InChI=1S/C12H14ClNO2S/c1-8-7-17-5-4-14(8)12(16)9-2-3-11(15)10(13)6-9/h2-3,6,8,15H,4-5,7H2,1H3. The number of halogens is 1. The Morgan fingerprint density at radius 3 is 3.00 bits per heavy atom. The molecule has 1 aromatic carbocycles. The van der Waals surface area contributed by atoms with E-state index in [1.54, 1.807) is 6.07 Å². The largest absolute Gasteiger partial charge is 0.506 e. The molecule has 1 atom stereocenters. The van der Waals surface area contributed by atoms with Crippen molar-refractivity contribution in [2.45, 2.75) is 13.0 Å². The molecule has 0 aromatic heterocycles.